The van der Waals surface area contributed by atoms with E-state index < -0.39 is 29.2 Å². The Balaban J connectivity index is 1.94. The maximum atomic E-state index is 13.7. The molecule has 6 unspecified atom stereocenters. The van der Waals surface area contributed by atoms with Gasteiger partial charge in [0, 0.05) is 32.5 Å². The van der Waals surface area contributed by atoms with Gasteiger partial charge >= 0.3 is 5.97 Å². The summed E-state index contributed by atoms with van der Waals surface area (Å²) in [6.45, 7) is 7.54. The highest BCUT2D eigenvalue weighted by Gasteiger charge is 2.75. The van der Waals surface area contributed by atoms with Crippen LogP contribution in [0.3, 0.4) is 0 Å². The fourth-order valence-corrected chi connectivity index (χ4v) is 5.98. The molecular formula is C23H28O7. The summed E-state index contributed by atoms with van der Waals surface area (Å²) >= 11 is 0. The van der Waals surface area contributed by atoms with Gasteiger partial charge in [-0.3, -0.25) is 9.59 Å². The maximum Gasteiger partial charge on any atom is 0.303 e. The molecule has 2 saturated carbocycles. The number of benzene rings is 1. The van der Waals surface area contributed by atoms with Crippen LogP contribution in [-0.4, -0.2) is 50.6 Å². The first-order valence-electron chi connectivity index (χ1n) is 10.2. The molecular weight excluding hydrogens is 388 g/mol. The van der Waals surface area contributed by atoms with E-state index in [1.807, 2.05) is 24.3 Å². The van der Waals surface area contributed by atoms with Crippen LogP contribution in [0, 0.1) is 11.3 Å². The summed E-state index contributed by atoms with van der Waals surface area (Å²) in [5.74, 6) is 0.211. The number of allylic oxidation sites excluding steroid dienone is 1. The number of carbonyl (C=O) groups is 2. The summed E-state index contributed by atoms with van der Waals surface area (Å²) in [6.07, 6.45) is 1.40. The molecule has 3 aliphatic rings. The van der Waals surface area contributed by atoms with Gasteiger partial charge in [0.25, 0.3) is 0 Å². The maximum absolute atomic E-state index is 13.7. The molecule has 6 atom stereocenters. The van der Waals surface area contributed by atoms with Crippen LogP contribution in [-0.2, 0) is 23.8 Å². The van der Waals surface area contributed by atoms with Crippen LogP contribution in [0.2, 0.25) is 0 Å². The molecule has 2 aliphatic carbocycles. The van der Waals surface area contributed by atoms with Crippen LogP contribution in [0.15, 0.2) is 30.9 Å². The number of ether oxygens (including phenoxy) is 5. The molecule has 0 N–H and O–H groups in total. The molecule has 0 aromatic heterocycles. The molecule has 0 radical (unpaired) electrons. The molecule has 7 heteroatoms. The van der Waals surface area contributed by atoms with E-state index in [2.05, 4.69) is 13.5 Å². The SMILES string of the molecule is C=CCC12CC(OC)C(=O)C(OC)(C(c3ccc4c(c3)OCO4)C1C)C2OC(C)=O. The van der Waals surface area contributed by atoms with Crippen molar-refractivity contribution >= 4 is 11.8 Å². The topological polar surface area (TPSA) is 80.3 Å². The van der Waals surface area contributed by atoms with Gasteiger partial charge in [-0.25, -0.2) is 0 Å². The van der Waals surface area contributed by atoms with Crippen LogP contribution >= 0.6 is 0 Å². The molecule has 2 fully saturated rings. The van der Waals surface area contributed by atoms with Gasteiger partial charge in [0.1, 0.15) is 12.2 Å². The highest BCUT2D eigenvalue weighted by atomic mass is 16.7. The summed E-state index contributed by atoms with van der Waals surface area (Å²) in [6, 6.07) is 5.67. The number of rotatable bonds is 6. The molecule has 30 heavy (non-hydrogen) atoms. The van der Waals surface area contributed by atoms with Crippen LogP contribution < -0.4 is 9.47 Å². The van der Waals surface area contributed by atoms with Gasteiger partial charge in [-0.2, -0.15) is 0 Å². The van der Waals surface area contributed by atoms with E-state index in [9.17, 15) is 9.59 Å². The molecule has 0 amide bonds. The standard InChI is InChI=1S/C23H28O7/c1-6-9-22-11-18(26-4)20(25)23(27-5,21(22)30-14(3)24)19(13(22)2)15-7-8-16-17(10-15)29-12-28-16/h6-8,10,13,18-19,21H,1,9,11-12H2,2-5H3. The van der Waals surface area contributed by atoms with Gasteiger partial charge in [0.15, 0.2) is 22.9 Å². The van der Waals surface area contributed by atoms with Gasteiger partial charge in [-0.1, -0.05) is 19.1 Å². The van der Waals surface area contributed by atoms with E-state index in [1.54, 1.807) is 0 Å². The van der Waals surface area contributed by atoms with E-state index in [1.165, 1.54) is 21.1 Å². The quantitative estimate of drug-likeness (QED) is 0.521. The van der Waals surface area contributed by atoms with Gasteiger partial charge in [-0.15, -0.1) is 6.58 Å². The third-order valence-corrected chi connectivity index (χ3v) is 7.21. The van der Waals surface area contributed by atoms with Crippen molar-refractivity contribution in [2.75, 3.05) is 21.0 Å². The van der Waals surface area contributed by atoms with Crippen molar-refractivity contribution in [3.8, 4) is 11.5 Å². The Hall–Kier alpha value is -2.38. The average molecular weight is 416 g/mol. The molecule has 1 heterocycles. The highest BCUT2D eigenvalue weighted by Crippen LogP contribution is 2.66. The Morgan fingerprint density at radius 2 is 2.03 bits per heavy atom. The number of ketones is 1. The van der Waals surface area contributed by atoms with Crippen molar-refractivity contribution in [2.45, 2.75) is 50.4 Å². The summed E-state index contributed by atoms with van der Waals surface area (Å²) < 4.78 is 28.5. The fraction of sp³-hybridized carbons (Fsp3) is 0.565. The van der Waals surface area contributed by atoms with Crippen molar-refractivity contribution in [1.29, 1.82) is 0 Å². The fourth-order valence-electron chi connectivity index (χ4n) is 5.98. The number of Topliss-reactive ketones (excluding diaryl/α,β-unsaturated/α-hetero) is 1. The van der Waals surface area contributed by atoms with Crippen LogP contribution in [0.1, 0.15) is 38.2 Å². The normalized spacial score (nSPS) is 36.6. The highest BCUT2D eigenvalue weighted by molar-refractivity contribution is 5.96. The number of carbonyl (C=O) groups excluding carboxylic acids is 2. The first kappa shape index (κ1) is 20.9. The van der Waals surface area contributed by atoms with Gasteiger partial charge < -0.3 is 23.7 Å². The number of esters is 1. The second-order valence-corrected chi connectivity index (χ2v) is 8.38. The zero-order valence-corrected chi connectivity index (χ0v) is 17.8. The minimum absolute atomic E-state index is 0.0655. The molecule has 1 aliphatic heterocycles. The third-order valence-electron chi connectivity index (χ3n) is 7.21. The van der Waals surface area contributed by atoms with E-state index in [4.69, 9.17) is 23.7 Å². The molecule has 0 saturated heterocycles. The Morgan fingerprint density at radius 1 is 1.30 bits per heavy atom. The molecule has 4 rings (SSSR count). The molecule has 2 bridgehead atoms. The zero-order chi connectivity index (χ0) is 21.7. The van der Waals surface area contributed by atoms with Gasteiger partial charge in [-0.05, 0) is 36.5 Å². The number of fused-ring (bicyclic) bond motifs is 3. The Bertz CT molecular complexity index is 880. The summed E-state index contributed by atoms with van der Waals surface area (Å²) in [5, 5.41) is 0. The molecule has 7 nitrogen and oxygen atoms in total. The summed E-state index contributed by atoms with van der Waals surface area (Å²) in [7, 11) is 3.03. The number of hydrogen-bond acceptors (Lipinski definition) is 7. The third kappa shape index (κ3) is 2.65. The Morgan fingerprint density at radius 3 is 2.67 bits per heavy atom. The lowest BCUT2D eigenvalue weighted by Crippen LogP contribution is -2.64. The lowest BCUT2D eigenvalue weighted by molar-refractivity contribution is -0.201. The molecule has 1 aromatic rings. The first-order valence-corrected chi connectivity index (χ1v) is 10.2. The van der Waals surface area contributed by atoms with E-state index >= 15 is 0 Å². The smallest absolute Gasteiger partial charge is 0.303 e. The molecule has 1 aromatic carbocycles. The van der Waals surface area contributed by atoms with E-state index in [-0.39, 0.29) is 24.4 Å². The summed E-state index contributed by atoms with van der Waals surface area (Å²) in [5.41, 5.74) is -1.05. The monoisotopic (exact) mass is 416 g/mol. The van der Waals surface area contributed by atoms with Crippen molar-refractivity contribution in [3.63, 3.8) is 0 Å². The second-order valence-electron chi connectivity index (χ2n) is 8.38. The zero-order valence-electron chi connectivity index (χ0n) is 17.8. The van der Waals surface area contributed by atoms with E-state index in [0.29, 0.717) is 24.3 Å². The average Bonchev–Trinajstić information content (AvgIpc) is 3.24. The summed E-state index contributed by atoms with van der Waals surface area (Å²) in [4.78, 5) is 25.9. The van der Waals surface area contributed by atoms with Crippen LogP contribution in [0.4, 0.5) is 0 Å². The minimum Gasteiger partial charge on any atom is -0.458 e. The minimum atomic E-state index is -1.37. The Kier molecular flexibility index (Phi) is 5.14. The Labute approximate surface area is 176 Å². The predicted octanol–water partition coefficient (Wildman–Crippen LogP) is 3.02. The van der Waals surface area contributed by atoms with Crippen molar-refractivity contribution in [2.24, 2.45) is 11.3 Å². The second kappa shape index (κ2) is 7.39. The lowest BCUT2D eigenvalue weighted by Gasteiger charge is -2.48. The lowest BCUT2D eigenvalue weighted by atomic mass is 9.65. The molecule has 162 valence electrons. The van der Waals surface area contributed by atoms with Crippen LogP contribution in [0.25, 0.3) is 0 Å². The van der Waals surface area contributed by atoms with Crippen molar-refractivity contribution in [3.05, 3.63) is 36.4 Å². The van der Waals surface area contributed by atoms with Gasteiger partial charge in [0.05, 0.1) is 0 Å². The predicted molar refractivity (Wildman–Crippen MR) is 107 cm³/mol. The van der Waals surface area contributed by atoms with Gasteiger partial charge in [0.2, 0.25) is 6.79 Å². The first-order chi connectivity index (χ1) is 14.4. The number of methoxy groups -OCH3 is 2. The van der Waals surface area contributed by atoms with Crippen LogP contribution in [0.5, 0.6) is 11.5 Å². The number of hydrogen-bond donors (Lipinski definition) is 0. The van der Waals surface area contributed by atoms with Crippen molar-refractivity contribution < 1.29 is 33.3 Å². The molecule has 0 spiro atoms. The van der Waals surface area contributed by atoms with E-state index in [0.717, 1.165) is 5.56 Å². The largest absolute Gasteiger partial charge is 0.458 e. The van der Waals surface area contributed by atoms with Crippen molar-refractivity contribution in [1.82, 2.24) is 0 Å².